The fourth-order valence-corrected chi connectivity index (χ4v) is 5.85. The highest BCUT2D eigenvalue weighted by Gasteiger charge is 2.47. The van der Waals surface area contributed by atoms with E-state index in [1.807, 2.05) is 4.90 Å². The first-order valence-corrected chi connectivity index (χ1v) is 11.6. The molecule has 2 fully saturated rings. The van der Waals surface area contributed by atoms with Gasteiger partial charge < -0.3 is 4.90 Å². The van der Waals surface area contributed by atoms with E-state index in [1.54, 1.807) is 11.8 Å². The van der Waals surface area contributed by atoms with Crippen molar-refractivity contribution in [2.75, 3.05) is 13.1 Å². The SMILES string of the molecule is CC(C)c1ccccc1Sc1ccc([C@@H]2C[C@H]2C(=O)N2CCCC2)c(Cl)c1Cl. The van der Waals surface area contributed by atoms with Gasteiger partial charge in [-0.2, -0.15) is 0 Å². The number of amides is 1. The van der Waals surface area contributed by atoms with Gasteiger partial charge in [0.05, 0.1) is 10.0 Å². The smallest absolute Gasteiger partial charge is 0.226 e. The van der Waals surface area contributed by atoms with Crippen LogP contribution in [0.3, 0.4) is 0 Å². The van der Waals surface area contributed by atoms with E-state index in [0.29, 0.717) is 21.9 Å². The summed E-state index contributed by atoms with van der Waals surface area (Å²) in [5, 5.41) is 1.21. The van der Waals surface area contributed by atoms with Crippen molar-refractivity contribution in [3.63, 3.8) is 0 Å². The average Bonchev–Trinajstić information content (AvgIpc) is 3.27. The number of carbonyl (C=O) groups is 1. The molecule has 0 spiro atoms. The molecule has 28 heavy (non-hydrogen) atoms. The standard InChI is InChI=1S/C23H25Cl2NOS/c1-14(2)15-7-3-4-8-19(15)28-20-10-9-16(21(24)22(20)25)17-13-18(17)23(27)26-11-5-6-12-26/h3-4,7-10,14,17-18H,5-6,11-13H2,1-2H3/t17-,18+/m0/s1. The van der Waals surface area contributed by atoms with Crippen LogP contribution in [0.25, 0.3) is 0 Å². The van der Waals surface area contributed by atoms with Gasteiger partial charge in [0.25, 0.3) is 0 Å². The summed E-state index contributed by atoms with van der Waals surface area (Å²) in [6.07, 6.45) is 3.13. The van der Waals surface area contributed by atoms with Crippen molar-refractivity contribution in [3.05, 3.63) is 57.6 Å². The number of hydrogen-bond donors (Lipinski definition) is 0. The third kappa shape index (κ3) is 3.94. The Kier molecular flexibility index (Phi) is 5.96. The molecular formula is C23H25Cl2NOS. The van der Waals surface area contributed by atoms with E-state index in [0.717, 1.165) is 42.8 Å². The van der Waals surface area contributed by atoms with E-state index in [9.17, 15) is 4.79 Å². The molecule has 0 bridgehead atoms. The molecule has 5 heteroatoms. The van der Waals surface area contributed by atoms with Gasteiger partial charge in [-0.3, -0.25) is 4.79 Å². The molecule has 2 aromatic carbocycles. The van der Waals surface area contributed by atoms with Crippen LogP contribution in [0, 0.1) is 5.92 Å². The first kappa shape index (κ1) is 20.1. The molecule has 2 aromatic rings. The van der Waals surface area contributed by atoms with Crippen LogP contribution in [0.4, 0.5) is 0 Å². The summed E-state index contributed by atoms with van der Waals surface area (Å²) < 4.78 is 0. The molecule has 4 rings (SSSR count). The van der Waals surface area contributed by atoms with E-state index in [2.05, 4.69) is 50.2 Å². The van der Waals surface area contributed by atoms with Crippen molar-refractivity contribution in [2.45, 2.75) is 54.7 Å². The molecule has 2 nitrogen and oxygen atoms in total. The Hall–Kier alpha value is -1.16. The highest BCUT2D eigenvalue weighted by molar-refractivity contribution is 7.99. The van der Waals surface area contributed by atoms with Crippen LogP contribution in [0.5, 0.6) is 0 Å². The molecule has 0 N–H and O–H groups in total. The molecule has 1 heterocycles. The fraction of sp³-hybridized carbons (Fsp3) is 0.435. The summed E-state index contributed by atoms with van der Waals surface area (Å²) in [4.78, 5) is 16.8. The van der Waals surface area contributed by atoms with Gasteiger partial charge in [0, 0.05) is 28.8 Å². The first-order valence-electron chi connectivity index (χ1n) is 10.0. The Balaban J connectivity index is 1.53. The average molecular weight is 434 g/mol. The van der Waals surface area contributed by atoms with Crippen molar-refractivity contribution >= 4 is 40.9 Å². The lowest BCUT2D eigenvalue weighted by Gasteiger charge is -2.16. The Bertz CT molecular complexity index is 892. The molecule has 0 unspecified atom stereocenters. The summed E-state index contributed by atoms with van der Waals surface area (Å²) in [5.41, 5.74) is 2.33. The maximum absolute atomic E-state index is 12.6. The first-order chi connectivity index (χ1) is 13.5. The Labute approximate surface area is 181 Å². The minimum Gasteiger partial charge on any atom is -0.342 e. The van der Waals surface area contributed by atoms with E-state index < -0.39 is 0 Å². The van der Waals surface area contributed by atoms with Crippen LogP contribution in [-0.4, -0.2) is 23.9 Å². The normalized spacial score (nSPS) is 21.4. The van der Waals surface area contributed by atoms with Crippen molar-refractivity contribution in [1.29, 1.82) is 0 Å². The third-order valence-corrected chi connectivity index (χ3v) is 7.92. The molecule has 2 aliphatic rings. The lowest BCUT2D eigenvalue weighted by atomic mass is 10.0. The van der Waals surface area contributed by atoms with Gasteiger partial charge >= 0.3 is 0 Å². The molecule has 1 amide bonds. The summed E-state index contributed by atoms with van der Waals surface area (Å²) in [5.74, 6) is 1.02. The van der Waals surface area contributed by atoms with Crippen molar-refractivity contribution in [2.24, 2.45) is 5.92 Å². The number of hydrogen-bond acceptors (Lipinski definition) is 2. The van der Waals surface area contributed by atoms with E-state index in [4.69, 9.17) is 23.2 Å². The lowest BCUT2D eigenvalue weighted by Crippen LogP contribution is -2.29. The monoisotopic (exact) mass is 433 g/mol. The molecule has 2 atom stereocenters. The number of carbonyl (C=O) groups excluding carboxylic acids is 1. The number of nitrogens with zero attached hydrogens (tertiary/aromatic N) is 1. The van der Waals surface area contributed by atoms with Crippen LogP contribution in [0.15, 0.2) is 46.2 Å². The molecule has 148 valence electrons. The topological polar surface area (TPSA) is 20.3 Å². The van der Waals surface area contributed by atoms with Gasteiger partial charge in [-0.1, -0.05) is 73.1 Å². The highest BCUT2D eigenvalue weighted by atomic mass is 35.5. The van der Waals surface area contributed by atoms with E-state index >= 15 is 0 Å². The lowest BCUT2D eigenvalue weighted by molar-refractivity contribution is -0.131. The zero-order valence-corrected chi connectivity index (χ0v) is 18.6. The molecule has 1 saturated heterocycles. The maximum Gasteiger partial charge on any atom is 0.226 e. The quantitative estimate of drug-likeness (QED) is 0.505. The van der Waals surface area contributed by atoms with Gasteiger partial charge in [-0.05, 0) is 54.4 Å². The molecule has 1 aliphatic carbocycles. The van der Waals surface area contributed by atoms with Crippen molar-refractivity contribution in [3.8, 4) is 0 Å². The number of halogens is 2. The predicted octanol–water partition coefficient (Wildman–Crippen LogP) is 6.99. The second kappa shape index (κ2) is 8.30. The summed E-state index contributed by atoms with van der Waals surface area (Å²) >= 11 is 15.0. The molecule has 0 radical (unpaired) electrons. The van der Waals surface area contributed by atoms with E-state index in [-0.39, 0.29) is 11.8 Å². The fourth-order valence-electron chi connectivity index (χ4n) is 4.06. The number of likely N-dealkylation sites (tertiary alicyclic amines) is 1. The predicted molar refractivity (Wildman–Crippen MR) is 118 cm³/mol. The second-order valence-electron chi connectivity index (χ2n) is 8.06. The summed E-state index contributed by atoms with van der Waals surface area (Å²) in [7, 11) is 0. The summed E-state index contributed by atoms with van der Waals surface area (Å²) in [6.45, 7) is 6.20. The zero-order valence-electron chi connectivity index (χ0n) is 16.3. The minimum atomic E-state index is 0.0758. The van der Waals surface area contributed by atoms with Gasteiger partial charge in [-0.25, -0.2) is 0 Å². The largest absolute Gasteiger partial charge is 0.342 e. The van der Waals surface area contributed by atoms with Gasteiger partial charge in [-0.15, -0.1) is 0 Å². The van der Waals surface area contributed by atoms with E-state index in [1.165, 1.54) is 10.5 Å². The number of rotatable bonds is 5. The van der Waals surface area contributed by atoms with Crippen LogP contribution < -0.4 is 0 Å². The summed E-state index contributed by atoms with van der Waals surface area (Å²) in [6, 6.07) is 12.5. The molecule has 0 aromatic heterocycles. The van der Waals surface area contributed by atoms with Gasteiger partial charge in [0.15, 0.2) is 0 Å². The van der Waals surface area contributed by atoms with Gasteiger partial charge in [0.2, 0.25) is 5.91 Å². The molecule has 1 aliphatic heterocycles. The van der Waals surface area contributed by atoms with Crippen LogP contribution in [0.1, 0.15) is 56.1 Å². The number of benzene rings is 2. The van der Waals surface area contributed by atoms with Crippen molar-refractivity contribution < 1.29 is 4.79 Å². The van der Waals surface area contributed by atoms with Crippen molar-refractivity contribution in [1.82, 2.24) is 4.90 Å². The van der Waals surface area contributed by atoms with Crippen LogP contribution in [-0.2, 0) is 4.79 Å². The Morgan fingerprint density at radius 3 is 2.46 bits per heavy atom. The minimum absolute atomic E-state index is 0.0758. The zero-order chi connectivity index (χ0) is 19.8. The third-order valence-electron chi connectivity index (χ3n) is 5.76. The van der Waals surface area contributed by atoms with Crippen LogP contribution in [0.2, 0.25) is 10.0 Å². The Morgan fingerprint density at radius 2 is 1.75 bits per heavy atom. The second-order valence-corrected chi connectivity index (χ2v) is 9.90. The Morgan fingerprint density at radius 1 is 1.04 bits per heavy atom. The molecule has 1 saturated carbocycles. The molecular weight excluding hydrogens is 409 g/mol. The van der Waals surface area contributed by atoms with Gasteiger partial charge in [0.1, 0.15) is 0 Å². The van der Waals surface area contributed by atoms with Crippen LogP contribution >= 0.6 is 35.0 Å². The highest BCUT2D eigenvalue weighted by Crippen LogP contribution is 2.53. The maximum atomic E-state index is 12.6.